The molecule has 0 saturated heterocycles. The van der Waals surface area contributed by atoms with Crippen molar-refractivity contribution >= 4 is 23.7 Å². The van der Waals surface area contributed by atoms with Crippen molar-refractivity contribution in [2.45, 2.75) is 24.9 Å². The molecule has 2 unspecified atom stereocenters. The zero-order chi connectivity index (χ0) is 15.7. The fraction of sp³-hybridized carbons (Fsp3) is 0.600. The standard InChI is InChI=1S/C10H18N4O6/c11-5(1-2-7(12)16)9(18)13-3-8(17)14-6(4-15)10(19)20/h5-6,15H,1-4,11H2,(H2,12,16)(H,13,18)(H,14,17)(H,19,20). The highest BCUT2D eigenvalue weighted by atomic mass is 16.4. The first-order valence-corrected chi connectivity index (χ1v) is 5.72. The topological polar surface area (TPSA) is 185 Å². The van der Waals surface area contributed by atoms with Crippen LogP contribution in [-0.2, 0) is 19.2 Å². The fourth-order valence-electron chi connectivity index (χ4n) is 1.16. The summed E-state index contributed by atoms with van der Waals surface area (Å²) in [5, 5.41) is 21.4. The van der Waals surface area contributed by atoms with E-state index in [1.54, 1.807) is 0 Å². The SMILES string of the molecule is NC(=O)CCC(N)C(=O)NCC(=O)NC(CO)C(=O)O. The second kappa shape index (κ2) is 8.82. The molecule has 0 aliphatic carbocycles. The molecule has 0 fully saturated rings. The molecule has 0 aromatic carbocycles. The van der Waals surface area contributed by atoms with Gasteiger partial charge in [0.15, 0.2) is 0 Å². The fourth-order valence-corrected chi connectivity index (χ4v) is 1.16. The van der Waals surface area contributed by atoms with E-state index in [0.717, 1.165) is 0 Å². The maximum atomic E-state index is 11.4. The molecule has 0 aromatic rings. The summed E-state index contributed by atoms with van der Waals surface area (Å²) in [6.07, 6.45) is -0.0242. The molecule has 0 bridgehead atoms. The number of nitrogens with two attached hydrogens (primary N) is 2. The number of carboxylic acid groups (broad SMARTS) is 1. The number of amides is 3. The van der Waals surface area contributed by atoms with E-state index >= 15 is 0 Å². The van der Waals surface area contributed by atoms with Crippen LogP contribution in [0.2, 0.25) is 0 Å². The van der Waals surface area contributed by atoms with Crippen molar-refractivity contribution in [1.82, 2.24) is 10.6 Å². The minimum Gasteiger partial charge on any atom is -0.480 e. The van der Waals surface area contributed by atoms with Crippen LogP contribution in [0.1, 0.15) is 12.8 Å². The number of carbonyl (C=O) groups excluding carboxylic acids is 3. The van der Waals surface area contributed by atoms with Crippen molar-refractivity contribution in [3.05, 3.63) is 0 Å². The third-order valence-corrected chi connectivity index (χ3v) is 2.28. The monoisotopic (exact) mass is 290 g/mol. The van der Waals surface area contributed by atoms with E-state index in [-0.39, 0.29) is 12.8 Å². The van der Waals surface area contributed by atoms with E-state index in [2.05, 4.69) is 5.32 Å². The summed E-state index contributed by atoms with van der Waals surface area (Å²) in [7, 11) is 0. The first-order chi connectivity index (χ1) is 9.27. The summed E-state index contributed by atoms with van der Waals surface area (Å²) in [6, 6.07) is -2.44. The Labute approximate surface area is 114 Å². The van der Waals surface area contributed by atoms with Crippen LogP contribution in [0.25, 0.3) is 0 Å². The smallest absolute Gasteiger partial charge is 0.328 e. The molecule has 0 aromatic heterocycles. The van der Waals surface area contributed by atoms with E-state index in [1.807, 2.05) is 5.32 Å². The molecule has 10 heteroatoms. The van der Waals surface area contributed by atoms with Crippen molar-refractivity contribution in [2.75, 3.05) is 13.2 Å². The van der Waals surface area contributed by atoms with E-state index in [0.29, 0.717) is 0 Å². The van der Waals surface area contributed by atoms with Gasteiger partial charge in [-0.05, 0) is 6.42 Å². The van der Waals surface area contributed by atoms with Gasteiger partial charge in [-0.15, -0.1) is 0 Å². The van der Waals surface area contributed by atoms with Gasteiger partial charge in [0.1, 0.15) is 6.04 Å². The molecule has 0 aliphatic heterocycles. The Morgan fingerprint density at radius 3 is 2.25 bits per heavy atom. The predicted molar refractivity (Wildman–Crippen MR) is 66.1 cm³/mol. The van der Waals surface area contributed by atoms with Gasteiger partial charge in [-0.3, -0.25) is 14.4 Å². The molecule has 20 heavy (non-hydrogen) atoms. The lowest BCUT2D eigenvalue weighted by Crippen LogP contribution is -2.49. The average Bonchev–Trinajstić information content (AvgIpc) is 2.38. The quantitative estimate of drug-likeness (QED) is 0.252. The summed E-state index contributed by atoms with van der Waals surface area (Å²) in [5.74, 6) is -3.46. The van der Waals surface area contributed by atoms with Gasteiger partial charge in [0.25, 0.3) is 0 Å². The van der Waals surface area contributed by atoms with E-state index in [4.69, 9.17) is 21.7 Å². The number of aliphatic hydroxyl groups excluding tert-OH is 1. The van der Waals surface area contributed by atoms with E-state index in [1.165, 1.54) is 0 Å². The Bertz CT molecular complexity index is 386. The summed E-state index contributed by atoms with van der Waals surface area (Å²) >= 11 is 0. The number of primary amides is 1. The minimum atomic E-state index is -1.44. The van der Waals surface area contributed by atoms with E-state index < -0.39 is 48.9 Å². The van der Waals surface area contributed by atoms with Crippen LogP contribution in [0.4, 0.5) is 0 Å². The number of hydrogen-bond donors (Lipinski definition) is 6. The second-order valence-corrected chi connectivity index (χ2v) is 3.97. The predicted octanol–water partition coefficient (Wildman–Crippen LogP) is -3.74. The van der Waals surface area contributed by atoms with Crippen LogP contribution in [0, 0.1) is 0 Å². The molecule has 8 N–H and O–H groups in total. The van der Waals surface area contributed by atoms with Gasteiger partial charge >= 0.3 is 5.97 Å². The van der Waals surface area contributed by atoms with Crippen molar-refractivity contribution in [2.24, 2.45) is 11.5 Å². The van der Waals surface area contributed by atoms with Crippen molar-refractivity contribution in [3.63, 3.8) is 0 Å². The zero-order valence-electron chi connectivity index (χ0n) is 10.7. The van der Waals surface area contributed by atoms with E-state index in [9.17, 15) is 19.2 Å². The van der Waals surface area contributed by atoms with Crippen LogP contribution in [0.3, 0.4) is 0 Å². The molecular weight excluding hydrogens is 272 g/mol. The lowest BCUT2D eigenvalue weighted by Gasteiger charge is -2.14. The first-order valence-electron chi connectivity index (χ1n) is 5.72. The molecule has 2 atom stereocenters. The lowest BCUT2D eigenvalue weighted by molar-refractivity contribution is -0.142. The molecular formula is C10H18N4O6. The first kappa shape index (κ1) is 17.8. The van der Waals surface area contributed by atoms with Gasteiger partial charge < -0.3 is 32.3 Å². The summed E-state index contributed by atoms with van der Waals surface area (Å²) in [4.78, 5) is 43.7. The number of rotatable bonds is 9. The molecule has 3 amide bonds. The Hall–Kier alpha value is -2.20. The normalized spacial score (nSPS) is 13.1. The average molecular weight is 290 g/mol. The molecule has 0 rings (SSSR count). The maximum absolute atomic E-state index is 11.4. The summed E-state index contributed by atoms with van der Waals surface area (Å²) < 4.78 is 0. The lowest BCUT2D eigenvalue weighted by atomic mass is 10.1. The number of carbonyl (C=O) groups is 4. The second-order valence-electron chi connectivity index (χ2n) is 3.97. The highest BCUT2D eigenvalue weighted by Gasteiger charge is 2.20. The van der Waals surface area contributed by atoms with Gasteiger partial charge in [-0.1, -0.05) is 0 Å². The Kier molecular flexibility index (Phi) is 7.85. The molecule has 114 valence electrons. The van der Waals surface area contributed by atoms with Gasteiger partial charge in [0, 0.05) is 6.42 Å². The third kappa shape index (κ3) is 7.28. The van der Waals surface area contributed by atoms with Crippen LogP contribution >= 0.6 is 0 Å². The third-order valence-electron chi connectivity index (χ3n) is 2.28. The van der Waals surface area contributed by atoms with Crippen LogP contribution in [0.15, 0.2) is 0 Å². The molecule has 10 nitrogen and oxygen atoms in total. The number of carboxylic acids is 1. The number of aliphatic hydroxyl groups is 1. The van der Waals surface area contributed by atoms with Crippen molar-refractivity contribution in [3.8, 4) is 0 Å². The zero-order valence-corrected chi connectivity index (χ0v) is 10.7. The number of nitrogens with one attached hydrogen (secondary N) is 2. The highest BCUT2D eigenvalue weighted by Crippen LogP contribution is 1.93. The molecule has 0 aliphatic rings. The maximum Gasteiger partial charge on any atom is 0.328 e. The molecule has 0 radical (unpaired) electrons. The van der Waals surface area contributed by atoms with Crippen molar-refractivity contribution in [1.29, 1.82) is 0 Å². The number of aliphatic carboxylic acids is 1. The molecule has 0 saturated carbocycles. The van der Waals surface area contributed by atoms with Gasteiger partial charge in [0.2, 0.25) is 17.7 Å². The molecule has 0 heterocycles. The van der Waals surface area contributed by atoms with Crippen LogP contribution in [0.5, 0.6) is 0 Å². The highest BCUT2D eigenvalue weighted by molar-refractivity contribution is 5.89. The van der Waals surface area contributed by atoms with Crippen LogP contribution < -0.4 is 22.1 Å². The Morgan fingerprint density at radius 2 is 1.80 bits per heavy atom. The van der Waals surface area contributed by atoms with Crippen molar-refractivity contribution < 1.29 is 29.4 Å². The van der Waals surface area contributed by atoms with Gasteiger partial charge in [0.05, 0.1) is 19.2 Å². The Morgan fingerprint density at radius 1 is 1.20 bits per heavy atom. The summed E-state index contributed by atoms with van der Waals surface area (Å²) in [6.45, 7) is -1.26. The Balaban J connectivity index is 4.08. The van der Waals surface area contributed by atoms with Gasteiger partial charge in [-0.25, -0.2) is 4.79 Å². The summed E-state index contributed by atoms with van der Waals surface area (Å²) in [5.41, 5.74) is 10.3. The van der Waals surface area contributed by atoms with Gasteiger partial charge in [-0.2, -0.15) is 0 Å². The van der Waals surface area contributed by atoms with Crippen LogP contribution in [-0.4, -0.2) is 59.1 Å². The number of hydrogen-bond acceptors (Lipinski definition) is 6. The largest absolute Gasteiger partial charge is 0.480 e. The minimum absolute atomic E-state index is 0.0389. The molecule has 0 spiro atoms.